The number of hydrogen-bond acceptors (Lipinski definition) is 2. The molecular weight excluding hydrogens is 204 g/mol. The summed E-state index contributed by atoms with van der Waals surface area (Å²) in [6, 6.07) is 4.38. The van der Waals surface area contributed by atoms with Crippen LogP contribution in [0.3, 0.4) is 0 Å². The second kappa shape index (κ2) is 5.64. The molecule has 1 atom stereocenters. The minimum absolute atomic E-state index is 1.24. The van der Waals surface area contributed by atoms with Crippen molar-refractivity contribution in [3.05, 3.63) is 17.5 Å². The van der Waals surface area contributed by atoms with Crippen LogP contribution in [0.4, 0.5) is 5.00 Å². The van der Waals surface area contributed by atoms with Crippen LogP contribution in [-0.4, -0.2) is 38.1 Å². The normalized spacial score (nSPS) is 20.3. The molecule has 1 saturated heterocycles. The molecule has 2 nitrogen and oxygen atoms in total. The first-order valence-corrected chi connectivity index (χ1v) is 6.83. The number of nitrogens with zero attached hydrogens (tertiary/aromatic N) is 1. The summed E-state index contributed by atoms with van der Waals surface area (Å²) in [7, 11) is 2.27. The van der Waals surface area contributed by atoms with Gasteiger partial charge in [0.1, 0.15) is 0 Å². The maximum atomic E-state index is 2.61. The third-order valence-corrected chi connectivity index (χ3v) is 4.23. The Morgan fingerprint density at radius 3 is 2.80 bits per heavy atom. The molecule has 1 N–H and O–H groups in total. The number of thiophene rings is 1. The molecule has 3 heteroatoms. The molecule has 0 radical (unpaired) electrons. The smallest absolute Gasteiger partial charge is 0.186 e. The van der Waals surface area contributed by atoms with E-state index in [9.17, 15) is 0 Å². The summed E-state index contributed by atoms with van der Waals surface area (Å²) < 4.78 is 0. The second-order valence-corrected chi connectivity index (χ2v) is 5.36. The van der Waals surface area contributed by atoms with Crippen molar-refractivity contribution in [1.82, 2.24) is 4.90 Å². The van der Waals surface area contributed by atoms with Crippen LogP contribution < -0.4 is 4.90 Å². The van der Waals surface area contributed by atoms with E-state index in [0.29, 0.717) is 0 Å². The Morgan fingerprint density at radius 1 is 1.33 bits per heavy atom. The lowest BCUT2D eigenvalue weighted by molar-refractivity contribution is -0.806. The summed E-state index contributed by atoms with van der Waals surface area (Å²) in [5, 5.41) is 3.63. The number of likely N-dealkylation sites (tertiary alicyclic amines) is 1. The van der Waals surface area contributed by atoms with Gasteiger partial charge < -0.3 is 0 Å². The van der Waals surface area contributed by atoms with Crippen LogP contribution in [0.2, 0.25) is 0 Å². The number of piperidine rings is 1. The molecule has 0 aromatic carbocycles. The van der Waals surface area contributed by atoms with Crippen molar-refractivity contribution in [1.29, 1.82) is 0 Å². The van der Waals surface area contributed by atoms with Gasteiger partial charge in [-0.25, -0.2) is 0 Å². The van der Waals surface area contributed by atoms with Gasteiger partial charge in [-0.2, -0.15) is 0 Å². The molecule has 1 aromatic rings. The van der Waals surface area contributed by atoms with E-state index in [-0.39, 0.29) is 0 Å². The highest BCUT2D eigenvalue weighted by Crippen LogP contribution is 2.10. The number of quaternary nitrogens is 1. The van der Waals surface area contributed by atoms with Crippen LogP contribution in [0.5, 0.6) is 0 Å². The van der Waals surface area contributed by atoms with Gasteiger partial charge in [-0.05, 0) is 37.4 Å². The van der Waals surface area contributed by atoms with Crippen LogP contribution in [0.1, 0.15) is 19.3 Å². The van der Waals surface area contributed by atoms with Crippen molar-refractivity contribution in [3.8, 4) is 0 Å². The molecule has 15 heavy (non-hydrogen) atoms. The number of rotatable bonds is 4. The standard InChI is InChI=1S/C12H20N2S/c1-13(12-6-5-11-15-12)9-10-14-7-3-2-4-8-14/h5-6,11H,2-4,7-10H2,1H3/p+1. The van der Waals surface area contributed by atoms with Gasteiger partial charge in [-0.15, -0.1) is 0 Å². The Balaban J connectivity index is 1.73. The Bertz CT molecular complexity index is 265. The predicted molar refractivity (Wildman–Crippen MR) is 66.0 cm³/mol. The van der Waals surface area contributed by atoms with Gasteiger partial charge in [0.25, 0.3) is 0 Å². The monoisotopic (exact) mass is 225 g/mol. The van der Waals surface area contributed by atoms with Crippen molar-refractivity contribution in [2.24, 2.45) is 0 Å². The molecule has 1 aliphatic heterocycles. The average molecular weight is 225 g/mol. The summed E-state index contributed by atoms with van der Waals surface area (Å²) in [4.78, 5) is 4.16. The molecular formula is C12H21N2S+. The number of nitrogens with one attached hydrogen (secondary N) is 1. The lowest BCUT2D eigenvalue weighted by atomic mass is 10.1. The Labute approximate surface area is 96.5 Å². The van der Waals surface area contributed by atoms with Crippen LogP contribution in [0, 0.1) is 0 Å². The van der Waals surface area contributed by atoms with E-state index in [4.69, 9.17) is 0 Å². The summed E-state index contributed by atoms with van der Waals surface area (Å²) in [6.45, 7) is 5.12. The van der Waals surface area contributed by atoms with Gasteiger partial charge in [-0.1, -0.05) is 17.8 Å². The molecule has 1 fully saturated rings. The molecule has 2 rings (SSSR count). The predicted octanol–water partition coefficient (Wildman–Crippen LogP) is 1.38. The topological polar surface area (TPSA) is 7.68 Å². The minimum atomic E-state index is 1.24. The van der Waals surface area contributed by atoms with Gasteiger partial charge in [-0.3, -0.25) is 9.80 Å². The zero-order valence-corrected chi connectivity index (χ0v) is 10.4. The third-order valence-electron chi connectivity index (χ3n) is 3.19. The van der Waals surface area contributed by atoms with Crippen molar-refractivity contribution in [2.75, 3.05) is 33.2 Å². The van der Waals surface area contributed by atoms with E-state index in [1.807, 2.05) is 11.3 Å². The summed E-state index contributed by atoms with van der Waals surface area (Å²) in [6.07, 6.45) is 4.24. The van der Waals surface area contributed by atoms with Crippen LogP contribution in [0.15, 0.2) is 17.5 Å². The van der Waals surface area contributed by atoms with Crippen molar-refractivity contribution >= 4 is 16.3 Å². The van der Waals surface area contributed by atoms with Gasteiger partial charge in [0.15, 0.2) is 5.00 Å². The van der Waals surface area contributed by atoms with Crippen molar-refractivity contribution < 1.29 is 4.90 Å². The molecule has 0 saturated carbocycles. The van der Waals surface area contributed by atoms with Crippen molar-refractivity contribution in [2.45, 2.75) is 19.3 Å². The fourth-order valence-electron chi connectivity index (χ4n) is 2.15. The minimum Gasteiger partial charge on any atom is -0.298 e. The zero-order valence-electron chi connectivity index (χ0n) is 9.54. The quantitative estimate of drug-likeness (QED) is 0.813. The molecule has 0 aliphatic carbocycles. The van der Waals surface area contributed by atoms with Gasteiger partial charge in [0, 0.05) is 12.6 Å². The summed E-state index contributed by atoms with van der Waals surface area (Å²) in [5.74, 6) is 0. The van der Waals surface area contributed by atoms with Crippen LogP contribution >= 0.6 is 11.3 Å². The van der Waals surface area contributed by atoms with Crippen molar-refractivity contribution in [3.63, 3.8) is 0 Å². The third kappa shape index (κ3) is 3.30. The molecule has 2 heterocycles. The number of likely N-dealkylation sites (N-methyl/N-ethyl adjacent to an activating group) is 1. The van der Waals surface area contributed by atoms with E-state index >= 15 is 0 Å². The van der Waals surface area contributed by atoms with E-state index in [1.54, 1.807) is 4.90 Å². The Kier molecular flexibility index (Phi) is 4.18. The summed E-state index contributed by atoms with van der Waals surface area (Å²) >= 11 is 1.86. The van der Waals surface area contributed by atoms with E-state index in [1.165, 1.54) is 50.4 Å². The fourth-order valence-corrected chi connectivity index (χ4v) is 2.92. The lowest BCUT2D eigenvalue weighted by Crippen LogP contribution is -3.04. The second-order valence-electron chi connectivity index (χ2n) is 4.41. The molecule has 1 unspecified atom stereocenters. The lowest BCUT2D eigenvalue weighted by Gasteiger charge is -2.26. The first kappa shape index (κ1) is 11.1. The first-order valence-electron chi connectivity index (χ1n) is 5.95. The Hall–Kier alpha value is -0.380. The highest BCUT2D eigenvalue weighted by Gasteiger charge is 2.13. The van der Waals surface area contributed by atoms with Gasteiger partial charge in [0.05, 0.1) is 13.6 Å². The highest BCUT2D eigenvalue weighted by atomic mass is 32.1. The maximum Gasteiger partial charge on any atom is 0.186 e. The average Bonchev–Trinajstić information content (AvgIpc) is 2.81. The van der Waals surface area contributed by atoms with Gasteiger partial charge in [0.2, 0.25) is 0 Å². The fraction of sp³-hybridized carbons (Fsp3) is 0.667. The first-order chi connectivity index (χ1) is 7.36. The van der Waals surface area contributed by atoms with E-state index in [2.05, 4.69) is 29.5 Å². The van der Waals surface area contributed by atoms with Crippen LogP contribution in [-0.2, 0) is 0 Å². The maximum absolute atomic E-state index is 2.61. The highest BCUT2D eigenvalue weighted by molar-refractivity contribution is 7.13. The molecule has 0 amide bonds. The summed E-state index contributed by atoms with van der Waals surface area (Å²) in [5.41, 5.74) is 0. The molecule has 1 aromatic heterocycles. The van der Waals surface area contributed by atoms with E-state index in [0.717, 1.165) is 0 Å². The SMILES string of the molecule is C[NH+](CCN1CCCCC1)c1cccs1. The Morgan fingerprint density at radius 2 is 2.13 bits per heavy atom. The molecule has 0 bridgehead atoms. The zero-order chi connectivity index (χ0) is 10.5. The molecule has 0 spiro atoms. The van der Waals surface area contributed by atoms with Gasteiger partial charge >= 0.3 is 0 Å². The largest absolute Gasteiger partial charge is 0.298 e. The van der Waals surface area contributed by atoms with Crippen LogP contribution in [0.25, 0.3) is 0 Å². The molecule has 1 aliphatic rings. The number of hydrogen-bond donors (Lipinski definition) is 1. The molecule has 84 valence electrons. The van der Waals surface area contributed by atoms with E-state index < -0.39 is 0 Å².